The lowest BCUT2D eigenvalue weighted by Crippen LogP contribution is -2.50. The number of pyridine rings is 1. The second-order valence-corrected chi connectivity index (χ2v) is 8.59. The van der Waals surface area contributed by atoms with E-state index in [4.69, 9.17) is 16.1 Å². The van der Waals surface area contributed by atoms with Gasteiger partial charge in [-0.15, -0.1) is 0 Å². The fourth-order valence-electron chi connectivity index (χ4n) is 3.95. The van der Waals surface area contributed by atoms with Crippen molar-refractivity contribution < 1.29 is 13.7 Å². The van der Waals surface area contributed by atoms with E-state index >= 15 is 0 Å². The summed E-state index contributed by atoms with van der Waals surface area (Å²) in [5, 5.41) is 4.60. The fourth-order valence-corrected chi connectivity index (χ4v) is 4.08. The number of halogens is 2. The van der Waals surface area contributed by atoms with E-state index in [-0.39, 0.29) is 29.7 Å². The molecule has 178 valence electrons. The number of amides is 1. The molecule has 0 N–H and O–H groups in total. The van der Waals surface area contributed by atoms with E-state index in [0.29, 0.717) is 42.6 Å². The molecule has 2 aromatic carbocycles. The van der Waals surface area contributed by atoms with Crippen LogP contribution in [0.25, 0.3) is 22.8 Å². The fraction of sp³-hybridized carbons (Fsp3) is 0.200. The number of hydrogen-bond acceptors (Lipinski definition) is 6. The number of carbonyl (C=O) groups is 1. The molecule has 35 heavy (non-hydrogen) atoms. The van der Waals surface area contributed by atoms with Gasteiger partial charge in [-0.3, -0.25) is 9.59 Å². The molecule has 1 amide bonds. The third-order valence-corrected chi connectivity index (χ3v) is 6.14. The molecular formula is C25H21ClFN5O3. The lowest BCUT2D eigenvalue weighted by atomic mass is 10.2. The molecule has 1 aliphatic rings. The van der Waals surface area contributed by atoms with Gasteiger partial charge in [-0.1, -0.05) is 16.8 Å². The van der Waals surface area contributed by atoms with Gasteiger partial charge in [0.1, 0.15) is 12.4 Å². The van der Waals surface area contributed by atoms with Crippen molar-refractivity contribution >= 4 is 23.2 Å². The Hall–Kier alpha value is -3.98. The summed E-state index contributed by atoms with van der Waals surface area (Å²) in [5.41, 5.74) is 1.89. The van der Waals surface area contributed by atoms with Gasteiger partial charge in [-0.05, 0) is 54.6 Å². The topological polar surface area (TPSA) is 84.5 Å². The van der Waals surface area contributed by atoms with E-state index in [1.54, 1.807) is 53.6 Å². The molecule has 4 aromatic rings. The molecule has 0 aliphatic carbocycles. The van der Waals surface area contributed by atoms with E-state index in [0.717, 1.165) is 11.3 Å². The number of aromatic nitrogens is 3. The number of rotatable bonds is 5. The Bertz CT molecular complexity index is 1390. The second-order valence-electron chi connectivity index (χ2n) is 8.16. The van der Waals surface area contributed by atoms with Crippen molar-refractivity contribution in [2.45, 2.75) is 6.54 Å². The van der Waals surface area contributed by atoms with Crippen LogP contribution >= 0.6 is 11.6 Å². The summed E-state index contributed by atoms with van der Waals surface area (Å²) >= 11 is 5.93. The minimum Gasteiger partial charge on any atom is -0.368 e. The van der Waals surface area contributed by atoms with Crippen LogP contribution in [-0.4, -0.2) is 51.7 Å². The monoisotopic (exact) mass is 493 g/mol. The van der Waals surface area contributed by atoms with Gasteiger partial charge >= 0.3 is 0 Å². The molecule has 5 rings (SSSR count). The van der Waals surface area contributed by atoms with Gasteiger partial charge in [0.15, 0.2) is 0 Å². The Morgan fingerprint density at radius 2 is 1.63 bits per heavy atom. The maximum atomic E-state index is 13.2. The van der Waals surface area contributed by atoms with Gasteiger partial charge < -0.3 is 18.9 Å². The third kappa shape index (κ3) is 5.09. The van der Waals surface area contributed by atoms with Crippen LogP contribution in [0.15, 0.2) is 76.2 Å². The Kier molecular flexibility index (Phi) is 6.33. The molecule has 0 saturated carbocycles. The summed E-state index contributed by atoms with van der Waals surface area (Å²) in [6.45, 7) is 2.18. The quantitative estimate of drug-likeness (QED) is 0.421. The van der Waals surface area contributed by atoms with Crippen LogP contribution < -0.4 is 10.5 Å². The number of nitrogens with zero attached hydrogens (tertiary/aromatic N) is 5. The maximum absolute atomic E-state index is 13.2. The average molecular weight is 494 g/mol. The van der Waals surface area contributed by atoms with Gasteiger partial charge in [0.25, 0.3) is 11.4 Å². The molecule has 8 nitrogen and oxygen atoms in total. The normalized spacial score (nSPS) is 13.8. The first-order chi connectivity index (χ1) is 17.0. The van der Waals surface area contributed by atoms with Crippen LogP contribution in [0.2, 0.25) is 5.02 Å². The lowest BCUT2D eigenvalue weighted by molar-refractivity contribution is -0.132. The van der Waals surface area contributed by atoms with Crippen LogP contribution in [0.5, 0.6) is 0 Å². The predicted octanol–water partition coefficient (Wildman–Crippen LogP) is 3.71. The summed E-state index contributed by atoms with van der Waals surface area (Å²) in [4.78, 5) is 33.6. The van der Waals surface area contributed by atoms with Crippen molar-refractivity contribution in [1.82, 2.24) is 19.6 Å². The van der Waals surface area contributed by atoms with E-state index in [1.165, 1.54) is 22.8 Å². The zero-order chi connectivity index (χ0) is 24.4. The van der Waals surface area contributed by atoms with E-state index in [2.05, 4.69) is 15.0 Å². The molecule has 3 heterocycles. The van der Waals surface area contributed by atoms with Crippen molar-refractivity contribution in [2.24, 2.45) is 0 Å². The largest absolute Gasteiger partial charge is 0.368 e. The SMILES string of the molecule is O=C(Cn1cc(-c2nc(-c3ccc(Cl)cc3)no2)ccc1=O)N1CCN(c2ccc(F)cc2)CC1. The highest BCUT2D eigenvalue weighted by molar-refractivity contribution is 6.30. The zero-order valence-corrected chi connectivity index (χ0v) is 19.4. The van der Waals surface area contributed by atoms with Crippen molar-refractivity contribution in [2.75, 3.05) is 31.1 Å². The number of anilines is 1. The molecule has 0 spiro atoms. The maximum Gasteiger partial charge on any atom is 0.259 e. The molecule has 1 aliphatic heterocycles. The molecule has 0 atom stereocenters. The van der Waals surface area contributed by atoms with Gasteiger partial charge in [-0.25, -0.2) is 4.39 Å². The molecule has 1 saturated heterocycles. The average Bonchev–Trinajstić information content (AvgIpc) is 3.37. The number of benzene rings is 2. The van der Waals surface area contributed by atoms with E-state index in [9.17, 15) is 14.0 Å². The minimum atomic E-state index is -0.301. The summed E-state index contributed by atoms with van der Waals surface area (Å²) in [7, 11) is 0. The molecule has 10 heteroatoms. The Labute approximate surface area is 205 Å². The second kappa shape index (κ2) is 9.71. The molecule has 0 bridgehead atoms. The highest BCUT2D eigenvalue weighted by Gasteiger charge is 2.22. The van der Waals surface area contributed by atoms with Crippen molar-refractivity contribution in [3.05, 3.63) is 88.1 Å². The number of piperazine rings is 1. The summed E-state index contributed by atoms with van der Waals surface area (Å²) in [5.74, 6) is 0.195. The third-order valence-electron chi connectivity index (χ3n) is 5.89. The predicted molar refractivity (Wildman–Crippen MR) is 130 cm³/mol. The number of carbonyl (C=O) groups excluding carboxylic acids is 1. The lowest BCUT2D eigenvalue weighted by Gasteiger charge is -2.36. The van der Waals surface area contributed by atoms with Crippen LogP contribution in [0.4, 0.5) is 10.1 Å². The van der Waals surface area contributed by atoms with Crippen molar-refractivity contribution in [3.8, 4) is 22.8 Å². The van der Waals surface area contributed by atoms with Crippen LogP contribution in [0.3, 0.4) is 0 Å². The first-order valence-electron chi connectivity index (χ1n) is 11.0. The minimum absolute atomic E-state index is 0.0958. The van der Waals surface area contributed by atoms with Gasteiger partial charge in [0, 0.05) is 54.7 Å². The molecule has 0 radical (unpaired) electrons. The number of hydrogen-bond donors (Lipinski definition) is 0. The van der Waals surface area contributed by atoms with Crippen LogP contribution in [0.1, 0.15) is 0 Å². The van der Waals surface area contributed by atoms with E-state index < -0.39 is 0 Å². The summed E-state index contributed by atoms with van der Waals surface area (Å²) in [6.07, 6.45) is 1.55. The highest BCUT2D eigenvalue weighted by atomic mass is 35.5. The molecule has 2 aromatic heterocycles. The summed E-state index contributed by atoms with van der Waals surface area (Å²) < 4.78 is 19.9. The highest BCUT2D eigenvalue weighted by Crippen LogP contribution is 2.23. The molecule has 1 fully saturated rings. The van der Waals surface area contributed by atoms with Gasteiger partial charge in [0.2, 0.25) is 11.7 Å². The van der Waals surface area contributed by atoms with Crippen LogP contribution in [0, 0.1) is 5.82 Å². The molecular weight excluding hydrogens is 473 g/mol. The Morgan fingerprint density at radius 3 is 2.34 bits per heavy atom. The van der Waals surface area contributed by atoms with Gasteiger partial charge in [-0.2, -0.15) is 4.98 Å². The van der Waals surface area contributed by atoms with Crippen LogP contribution in [-0.2, 0) is 11.3 Å². The van der Waals surface area contributed by atoms with Crippen molar-refractivity contribution in [1.29, 1.82) is 0 Å². The van der Waals surface area contributed by atoms with Gasteiger partial charge in [0.05, 0.1) is 5.56 Å². The Morgan fingerprint density at radius 1 is 0.943 bits per heavy atom. The Balaban J connectivity index is 1.26. The standard InChI is InChI=1S/C25H21ClFN5O3/c26-19-4-1-17(2-5-19)24-28-25(35-29-24)18-3-10-22(33)32(15-18)16-23(34)31-13-11-30(12-14-31)21-8-6-20(27)7-9-21/h1-10,15H,11-14,16H2. The first-order valence-corrected chi connectivity index (χ1v) is 11.4. The smallest absolute Gasteiger partial charge is 0.259 e. The zero-order valence-electron chi connectivity index (χ0n) is 18.6. The van der Waals surface area contributed by atoms with Crippen molar-refractivity contribution in [3.63, 3.8) is 0 Å². The first kappa shape index (κ1) is 22.8. The molecule has 0 unspecified atom stereocenters. The van der Waals surface area contributed by atoms with E-state index in [1.807, 2.05) is 0 Å². The summed E-state index contributed by atoms with van der Waals surface area (Å²) in [6, 6.07) is 16.3.